The number of aryl methyl sites for hydroxylation is 1. The van der Waals surface area contributed by atoms with Crippen LogP contribution in [0.3, 0.4) is 0 Å². The van der Waals surface area contributed by atoms with E-state index >= 15 is 0 Å². The number of ether oxygens (including phenoxy) is 1. The van der Waals surface area contributed by atoms with E-state index in [0.29, 0.717) is 18.8 Å². The smallest absolute Gasteiger partial charge is 0.277 e. The molecule has 0 unspecified atom stereocenters. The van der Waals surface area contributed by atoms with Crippen LogP contribution < -0.4 is 9.64 Å². The molecule has 0 aliphatic carbocycles. The Morgan fingerprint density at radius 1 is 1.32 bits per heavy atom. The number of pyridine rings is 1. The highest BCUT2D eigenvalue weighted by molar-refractivity contribution is 6.05. The van der Waals surface area contributed by atoms with Crippen molar-refractivity contribution in [2.45, 2.75) is 6.92 Å². The second-order valence-corrected chi connectivity index (χ2v) is 4.49. The van der Waals surface area contributed by atoms with Crippen LogP contribution in [-0.4, -0.2) is 24.0 Å². The molecule has 1 aromatic carbocycles. The lowest BCUT2D eigenvalue weighted by atomic mass is 10.1. The molecule has 4 nitrogen and oxygen atoms in total. The molecule has 2 heterocycles. The topological polar surface area (TPSA) is 42.4 Å². The lowest BCUT2D eigenvalue weighted by Crippen LogP contribution is -2.38. The molecular weight excluding hydrogens is 240 g/mol. The van der Waals surface area contributed by atoms with E-state index in [1.165, 1.54) is 0 Å². The maximum absolute atomic E-state index is 12.5. The van der Waals surface area contributed by atoms with E-state index in [0.717, 1.165) is 17.0 Å². The molecule has 1 aliphatic heterocycles. The molecule has 0 saturated carbocycles. The number of carbonyl (C=O) groups is 1. The van der Waals surface area contributed by atoms with Gasteiger partial charge in [0.1, 0.15) is 18.1 Å². The van der Waals surface area contributed by atoms with Crippen molar-refractivity contribution in [1.29, 1.82) is 0 Å². The zero-order valence-corrected chi connectivity index (χ0v) is 10.7. The van der Waals surface area contributed by atoms with E-state index in [-0.39, 0.29) is 5.91 Å². The van der Waals surface area contributed by atoms with Gasteiger partial charge >= 0.3 is 0 Å². The number of rotatable bonds is 1. The largest absolute Gasteiger partial charge is 0.490 e. The minimum Gasteiger partial charge on any atom is -0.490 e. The Bertz CT molecular complexity index is 611. The lowest BCUT2D eigenvalue weighted by Gasteiger charge is -2.29. The first-order chi connectivity index (χ1) is 9.25. The third-order valence-electron chi connectivity index (χ3n) is 3.11. The maximum atomic E-state index is 12.5. The number of carbonyl (C=O) groups excluding carboxylic acids is 1. The summed E-state index contributed by atoms with van der Waals surface area (Å²) in [6.07, 6.45) is 1.63. The number of fused-ring (bicyclic) bond motifs is 1. The molecule has 1 aliphatic rings. The Hall–Kier alpha value is -2.36. The van der Waals surface area contributed by atoms with Gasteiger partial charge in [-0.25, -0.2) is 0 Å². The lowest BCUT2D eigenvalue weighted by molar-refractivity contribution is 0.0972. The SMILES string of the molecule is Cc1ccc2c(c1)N(C(=O)c1ccccn1)CCO2. The first kappa shape index (κ1) is 11.7. The average molecular weight is 254 g/mol. The van der Waals surface area contributed by atoms with Crippen molar-refractivity contribution in [3.63, 3.8) is 0 Å². The summed E-state index contributed by atoms with van der Waals surface area (Å²) in [5.74, 6) is 0.664. The van der Waals surface area contributed by atoms with Crippen LogP contribution >= 0.6 is 0 Å². The fourth-order valence-corrected chi connectivity index (χ4v) is 2.17. The van der Waals surface area contributed by atoms with Crippen molar-refractivity contribution < 1.29 is 9.53 Å². The highest BCUT2D eigenvalue weighted by atomic mass is 16.5. The molecule has 4 heteroatoms. The maximum Gasteiger partial charge on any atom is 0.277 e. The summed E-state index contributed by atoms with van der Waals surface area (Å²) in [6.45, 7) is 3.05. The Morgan fingerprint density at radius 3 is 3.00 bits per heavy atom. The molecule has 1 aromatic heterocycles. The summed E-state index contributed by atoms with van der Waals surface area (Å²) in [4.78, 5) is 18.3. The second-order valence-electron chi connectivity index (χ2n) is 4.49. The highest BCUT2D eigenvalue weighted by Gasteiger charge is 2.25. The van der Waals surface area contributed by atoms with E-state index in [1.807, 2.05) is 31.2 Å². The number of amides is 1. The van der Waals surface area contributed by atoms with Crippen molar-refractivity contribution in [3.8, 4) is 5.75 Å². The van der Waals surface area contributed by atoms with Crippen molar-refractivity contribution in [2.24, 2.45) is 0 Å². The molecule has 0 spiro atoms. The van der Waals surface area contributed by atoms with Gasteiger partial charge in [0.25, 0.3) is 5.91 Å². The van der Waals surface area contributed by atoms with Crippen molar-refractivity contribution >= 4 is 11.6 Å². The van der Waals surface area contributed by atoms with Crippen LogP contribution in [0, 0.1) is 6.92 Å². The molecule has 0 N–H and O–H groups in total. The fraction of sp³-hybridized carbons (Fsp3) is 0.200. The summed E-state index contributed by atoms with van der Waals surface area (Å²) in [5, 5.41) is 0. The predicted molar refractivity (Wildman–Crippen MR) is 72.6 cm³/mol. The summed E-state index contributed by atoms with van der Waals surface area (Å²) >= 11 is 0. The number of anilines is 1. The molecule has 1 amide bonds. The van der Waals surface area contributed by atoms with Gasteiger partial charge in [0, 0.05) is 6.20 Å². The van der Waals surface area contributed by atoms with Crippen LogP contribution in [0.15, 0.2) is 42.6 Å². The molecule has 3 rings (SSSR count). The minimum atomic E-state index is -0.0873. The zero-order valence-electron chi connectivity index (χ0n) is 10.7. The number of aromatic nitrogens is 1. The summed E-state index contributed by atoms with van der Waals surface area (Å²) in [6, 6.07) is 11.2. The Morgan fingerprint density at radius 2 is 2.21 bits per heavy atom. The van der Waals surface area contributed by atoms with Crippen molar-refractivity contribution in [1.82, 2.24) is 4.98 Å². The monoisotopic (exact) mass is 254 g/mol. The van der Waals surface area contributed by atoms with Crippen LogP contribution in [0.4, 0.5) is 5.69 Å². The van der Waals surface area contributed by atoms with Gasteiger partial charge in [-0.1, -0.05) is 12.1 Å². The molecule has 96 valence electrons. The fourth-order valence-electron chi connectivity index (χ4n) is 2.17. The molecule has 0 radical (unpaired) electrons. The molecule has 0 fully saturated rings. The number of hydrogen-bond acceptors (Lipinski definition) is 3. The van der Waals surface area contributed by atoms with Gasteiger partial charge in [-0.2, -0.15) is 0 Å². The van der Waals surface area contributed by atoms with Crippen molar-refractivity contribution in [2.75, 3.05) is 18.1 Å². The molecular formula is C15H14N2O2. The van der Waals surface area contributed by atoms with Crippen LogP contribution in [0.2, 0.25) is 0 Å². The Balaban J connectivity index is 2.00. The molecule has 0 saturated heterocycles. The van der Waals surface area contributed by atoms with Crippen molar-refractivity contribution in [3.05, 3.63) is 53.9 Å². The number of benzene rings is 1. The quantitative estimate of drug-likeness (QED) is 0.785. The zero-order chi connectivity index (χ0) is 13.2. The Labute approximate surface area is 111 Å². The average Bonchev–Trinajstić information content (AvgIpc) is 2.47. The van der Waals surface area contributed by atoms with Gasteiger partial charge in [0.15, 0.2) is 0 Å². The minimum absolute atomic E-state index is 0.0873. The summed E-state index contributed by atoms with van der Waals surface area (Å²) in [7, 11) is 0. The van der Waals surface area contributed by atoms with Crippen LogP contribution in [0.1, 0.15) is 16.1 Å². The van der Waals surface area contributed by atoms with Gasteiger partial charge < -0.3 is 9.64 Å². The number of hydrogen-bond donors (Lipinski definition) is 0. The van der Waals surface area contributed by atoms with E-state index in [4.69, 9.17) is 4.74 Å². The normalized spacial score (nSPS) is 13.6. The van der Waals surface area contributed by atoms with Gasteiger partial charge in [-0.05, 0) is 36.8 Å². The van der Waals surface area contributed by atoms with Gasteiger partial charge in [0.2, 0.25) is 0 Å². The molecule has 2 aromatic rings. The van der Waals surface area contributed by atoms with E-state index in [1.54, 1.807) is 23.2 Å². The first-order valence-electron chi connectivity index (χ1n) is 6.22. The predicted octanol–water partition coefficient (Wildman–Crippen LogP) is 2.43. The third kappa shape index (κ3) is 2.17. The van der Waals surface area contributed by atoms with Gasteiger partial charge in [-0.3, -0.25) is 9.78 Å². The van der Waals surface area contributed by atoms with Crippen LogP contribution in [0.5, 0.6) is 5.75 Å². The van der Waals surface area contributed by atoms with E-state index < -0.39 is 0 Å². The summed E-state index contributed by atoms with van der Waals surface area (Å²) in [5.41, 5.74) is 2.38. The highest BCUT2D eigenvalue weighted by Crippen LogP contribution is 2.33. The third-order valence-corrected chi connectivity index (χ3v) is 3.11. The van der Waals surface area contributed by atoms with Crippen LogP contribution in [0.25, 0.3) is 0 Å². The first-order valence-corrected chi connectivity index (χ1v) is 6.22. The molecule has 19 heavy (non-hydrogen) atoms. The standard InChI is InChI=1S/C15H14N2O2/c1-11-5-6-14-13(10-11)17(8-9-19-14)15(18)12-4-2-3-7-16-12/h2-7,10H,8-9H2,1H3. The number of nitrogens with zero attached hydrogens (tertiary/aromatic N) is 2. The van der Waals surface area contributed by atoms with Crippen LogP contribution in [-0.2, 0) is 0 Å². The summed E-state index contributed by atoms with van der Waals surface area (Å²) < 4.78 is 5.58. The molecule has 0 atom stereocenters. The second kappa shape index (κ2) is 4.72. The van der Waals surface area contributed by atoms with Gasteiger partial charge in [-0.15, -0.1) is 0 Å². The van der Waals surface area contributed by atoms with Gasteiger partial charge in [0.05, 0.1) is 12.2 Å². The Kier molecular flexibility index (Phi) is 2.91. The van der Waals surface area contributed by atoms with E-state index in [2.05, 4.69) is 4.98 Å². The molecule has 0 bridgehead atoms. The van der Waals surface area contributed by atoms with E-state index in [9.17, 15) is 4.79 Å².